The molecule has 0 saturated heterocycles. The van der Waals surface area contributed by atoms with Gasteiger partial charge in [-0.05, 0) is 29.8 Å². The Labute approximate surface area is 109 Å². The first-order valence-corrected chi connectivity index (χ1v) is 5.71. The molecule has 0 aliphatic rings. The molecule has 0 saturated carbocycles. The Morgan fingerprint density at radius 2 is 1.79 bits per heavy atom. The van der Waals surface area contributed by atoms with Crippen LogP contribution in [0.2, 0.25) is 0 Å². The Morgan fingerprint density at radius 1 is 1.11 bits per heavy atom. The van der Waals surface area contributed by atoms with Crippen LogP contribution in [0.15, 0.2) is 42.5 Å². The highest BCUT2D eigenvalue weighted by Gasteiger charge is 2.13. The lowest BCUT2D eigenvalue weighted by Gasteiger charge is -2.04. The molecule has 0 aliphatic carbocycles. The van der Waals surface area contributed by atoms with Gasteiger partial charge in [-0.15, -0.1) is 0 Å². The van der Waals surface area contributed by atoms with Gasteiger partial charge in [0, 0.05) is 12.5 Å². The van der Waals surface area contributed by atoms with Crippen LogP contribution in [-0.2, 0) is 6.42 Å². The van der Waals surface area contributed by atoms with Gasteiger partial charge in [0.05, 0.1) is 12.7 Å². The molecule has 0 bridgehead atoms. The zero-order valence-corrected chi connectivity index (χ0v) is 10.3. The van der Waals surface area contributed by atoms with Crippen molar-refractivity contribution in [1.29, 1.82) is 0 Å². The minimum absolute atomic E-state index is 0.0621. The fraction of sp³-hybridized carbons (Fsp3) is 0.133. The lowest BCUT2D eigenvalue weighted by Crippen LogP contribution is -2.06. The summed E-state index contributed by atoms with van der Waals surface area (Å²) in [6.45, 7) is 0. The number of ketones is 1. The van der Waals surface area contributed by atoms with Gasteiger partial charge in [-0.25, -0.2) is 8.78 Å². The standard InChI is InChI=1S/C15H12F2O2/c1-19-12-5-2-10(3-6-12)8-15(18)13-7-4-11(16)9-14(13)17/h2-7,9H,8H2,1H3. The molecule has 98 valence electrons. The summed E-state index contributed by atoms with van der Waals surface area (Å²) in [6.07, 6.45) is 0.0621. The van der Waals surface area contributed by atoms with E-state index in [2.05, 4.69) is 0 Å². The highest BCUT2D eigenvalue weighted by atomic mass is 19.1. The van der Waals surface area contributed by atoms with Crippen molar-refractivity contribution in [1.82, 2.24) is 0 Å². The van der Waals surface area contributed by atoms with Crippen LogP contribution in [0.4, 0.5) is 8.78 Å². The third-order valence-corrected chi connectivity index (χ3v) is 2.76. The molecule has 0 aliphatic heterocycles. The van der Waals surface area contributed by atoms with Crippen LogP contribution in [0, 0.1) is 11.6 Å². The normalized spacial score (nSPS) is 10.3. The number of halogens is 2. The highest BCUT2D eigenvalue weighted by Crippen LogP contribution is 2.15. The number of ether oxygens (including phenoxy) is 1. The van der Waals surface area contributed by atoms with E-state index in [1.165, 1.54) is 0 Å². The van der Waals surface area contributed by atoms with E-state index >= 15 is 0 Å². The quantitative estimate of drug-likeness (QED) is 0.789. The van der Waals surface area contributed by atoms with Crippen molar-refractivity contribution in [2.75, 3.05) is 7.11 Å². The first-order valence-electron chi connectivity index (χ1n) is 5.71. The Kier molecular flexibility index (Phi) is 3.90. The van der Waals surface area contributed by atoms with Gasteiger partial charge in [0.25, 0.3) is 0 Å². The highest BCUT2D eigenvalue weighted by molar-refractivity contribution is 5.97. The fourth-order valence-electron chi connectivity index (χ4n) is 1.74. The van der Waals surface area contributed by atoms with E-state index in [-0.39, 0.29) is 17.8 Å². The number of hydrogen-bond donors (Lipinski definition) is 0. The molecule has 2 aromatic rings. The van der Waals surface area contributed by atoms with E-state index in [1.54, 1.807) is 31.4 Å². The number of methoxy groups -OCH3 is 1. The van der Waals surface area contributed by atoms with Crippen LogP contribution >= 0.6 is 0 Å². The lowest BCUT2D eigenvalue weighted by atomic mass is 10.0. The molecule has 0 unspecified atom stereocenters. The number of Topliss-reactive ketones (excluding diaryl/α,β-unsaturated/α-hetero) is 1. The number of hydrogen-bond acceptors (Lipinski definition) is 2. The van der Waals surface area contributed by atoms with Crippen LogP contribution in [0.1, 0.15) is 15.9 Å². The Balaban J connectivity index is 2.15. The van der Waals surface area contributed by atoms with Gasteiger partial charge in [-0.2, -0.15) is 0 Å². The summed E-state index contributed by atoms with van der Waals surface area (Å²) in [5.74, 6) is -1.23. The van der Waals surface area contributed by atoms with E-state index in [0.29, 0.717) is 11.8 Å². The maximum atomic E-state index is 13.4. The number of rotatable bonds is 4. The Bertz CT molecular complexity index is 592. The molecule has 0 atom stereocenters. The second kappa shape index (κ2) is 5.61. The molecule has 0 heterocycles. The summed E-state index contributed by atoms with van der Waals surface area (Å²) in [7, 11) is 1.55. The second-order valence-corrected chi connectivity index (χ2v) is 4.07. The molecular formula is C15H12F2O2. The van der Waals surface area contributed by atoms with Crippen molar-refractivity contribution in [2.45, 2.75) is 6.42 Å². The summed E-state index contributed by atoms with van der Waals surface area (Å²) in [4.78, 5) is 11.9. The van der Waals surface area contributed by atoms with Gasteiger partial charge < -0.3 is 4.74 Å². The van der Waals surface area contributed by atoms with E-state index in [1.807, 2.05) is 0 Å². The summed E-state index contributed by atoms with van der Waals surface area (Å²) in [5.41, 5.74) is 0.645. The average Bonchev–Trinajstić information content (AvgIpc) is 2.39. The third kappa shape index (κ3) is 3.16. The van der Waals surface area contributed by atoms with Crippen molar-refractivity contribution >= 4 is 5.78 Å². The molecule has 2 nitrogen and oxygen atoms in total. The van der Waals surface area contributed by atoms with Crippen molar-refractivity contribution in [3.05, 3.63) is 65.2 Å². The maximum absolute atomic E-state index is 13.4. The zero-order valence-electron chi connectivity index (χ0n) is 10.3. The molecule has 0 amide bonds. The first kappa shape index (κ1) is 13.2. The fourth-order valence-corrected chi connectivity index (χ4v) is 1.74. The van der Waals surface area contributed by atoms with Crippen molar-refractivity contribution in [3.63, 3.8) is 0 Å². The van der Waals surface area contributed by atoms with Crippen LogP contribution in [0.5, 0.6) is 5.75 Å². The van der Waals surface area contributed by atoms with Crippen LogP contribution < -0.4 is 4.74 Å². The van der Waals surface area contributed by atoms with Crippen molar-refractivity contribution in [2.24, 2.45) is 0 Å². The maximum Gasteiger partial charge on any atom is 0.170 e. The number of benzene rings is 2. The largest absolute Gasteiger partial charge is 0.497 e. The summed E-state index contributed by atoms with van der Waals surface area (Å²) in [5, 5.41) is 0. The average molecular weight is 262 g/mol. The van der Waals surface area contributed by atoms with Crippen LogP contribution in [0.3, 0.4) is 0 Å². The summed E-state index contributed by atoms with van der Waals surface area (Å²) < 4.78 is 31.2. The van der Waals surface area contributed by atoms with E-state index in [0.717, 1.165) is 17.7 Å². The van der Waals surface area contributed by atoms with Gasteiger partial charge in [-0.3, -0.25) is 4.79 Å². The second-order valence-electron chi connectivity index (χ2n) is 4.07. The van der Waals surface area contributed by atoms with Crippen LogP contribution in [-0.4, -0.2) is 12.9 Å². The monoisotopic (exact) mass is 262 g/mol. The van der Waals surface area contributed by atoms with Gasteiger partial charge in [0.1, 0.15) is 17.4 Å². The molecule has 0 N–H and O–H groups in total. The first-order chi connectivity index (χ1) is 9.10. The van der Waals surface area contributed by atoms with E-state index in [4.69, 9.17) is 4.74 Å². The Morgan fingerprint density at radius 3 is 2.37 bits per heavy atom. The zero-order chi connectivity index (χ0) is 13.8. The van der Waals surface area contributed by atoms with E-state index in [9.17, 15) is 13.6 Å². The smallest absolute Gasteiger partial charge is 0.170 e. The molecule has 0 fully saturated rings. The van der Waals surface area contributed by atoms with E-state index < -0.39 is 11.6 Å². The Hall–Kier alpha value is -2.23. The molecule has 4 heteroatoms. The molecule has 0 aromatic heterocycles. The molecule has 19 heavy (non-hydrogen) atoms. The SMILES string of the molecule is COc1ccc(CC(=O)c2ccc(F)cc2F)cc1. The van der Waals surface area contributed by atoms with Gasteiger partial charge in [-0.1, -0.05) is 12.1 Å². The molecule has 0 radical (unpaired) electrons. The van der Waals surface area contributed by atoms with Crippen LogP contribution in [0.25, 0.3) is 0 Å². The third-order valence-electron chi connectivity index (χ3n) is 2.76. The predicted octanol–water partition coefficient (Wildman–Crippen LogP) is 3.40. The van der Waals surface area contributed by atoms with Gasteiger partial charge in [0.15, 0.2) is 5.78 Å². The molecular weight excluding hydrogens is 250 g/mol. The topological polar surface area (TPSA) is 26.3 Å². The van der Waals surface area contributed by atoms with Gasteiger partial charge >= 0.3 is 0 Å². The van der Waals surface area contributed by atoms with Gasteiger partial charge in [0.2, 0.25) is 0 Å². The molecule has 2 aromatic carbocycles. The summed E-state index contributed by atoms with van der Waals surface area (Å²) in [6, 6.07) is 9.87. The minimum atomic E-state index is -0.835. The number of carbonyl (C=O) groups excluding carboxylic acids is 1. The lowest BCUT2D eigenvalue weighted by molar-refractivity contribution is 0.0989. The number of carbonyl (C=O) groups is 1. The minimum Gasteiger partial charge on any atom is -0.497 e. The molecule has 0 spiro atoms. The summed E-state index contributed by atoms with van der Waals surface area (Å²) >= 11 is 0. The van der Waals surface area contributed by atoms with Crippen molar-refractivity contribution < 1.29 is 18.3 Å². The van der Waals surface area contributed by atoms with Crippen molar-refractivity contribution in [3.8, 4) is 5.75 Å². The predicted molar refractivity (Wildman–Crippen MR) is 67.4 cm³/mol. The molecule has 2 rings (SSSR count).